The molecule has 1 heterocycles. The summed E-state index contributed by atoms with van der Waals surface area (Å²) in [6, 6.07) is 12.9. The molecule has 0 fully saturated rings. The van der Waals surface area contributed by atoms with Gasteiger partial charge in [-0.15, -0.1) is 0 Å². The molecule has 2 aromatic carbocycles. The lowest BCUT2D eigenvalue weighted by Gasteiger charge is -2.33. The summed E-state index contributed by atoms with van der Waals surface area (Å²) < 4.78 is 0. The Balaban J connectivity index is 2.22. The number of fused-ring (bicyclic) bond motifs is 2. The zero-order valence-electron chi connectivity index (χ0n) is 11.3. The number of nitrogens with zero attached hydrogens (tertiary/aromatic N) is 1. The summed E-state index contributed by atoms with van der Waals surface area (Å²) in [6.45, 7) is 5.26. The molecule has 0 atom stereocenters. The van der Waals surface area contributed by atoms with E-state index in [1.54, 1.807) is 0 Å². The smallest absolute Gasteiger partial charge is 0.0789 e. The maximum absolute atomic E-state index is 6.38. The van der Waals surface area contributed by atoms with Crippen molar-refractivity contribution < 1.29 is 0 Å². The van der Waals surface area contributed by atoms with Gasteiger partial charge in [0.25, 0.3) is 0 Å². The lowest BCUT2D eigenvalue weighted by molar-refractivity contribution is 0.975. The van der Waals surface area contributed by atoms with Crippen LogP contribution in [0.5, 0.6) is 0 Å². The molecule has 0 bridgehead atoms. The van der Waals surface area contributed by atoms with Crippen LogP contribution in [0.3, 0.4) is 0 Å². The standard InChI is InChI=1S/C16H18N2S/c1-3-11-9-10-14-16(15(11)17)18(4-2)12-7-5-6-8-13(12)19-14/h5-10H,3-4,17H2,1-2H3. The lowest BCUT2D eigenvalue weighted by atomic mass is 10.1. The molecular formula is C16H18N2S. The molecule has 0 aromatic heterocycles. The van der Waals surface area contributed by atoms with Crippen LogP contribution in [-0.2, 0) is 6.42 Å². The summed E-state index contributed by atoms with van der Waals surface area (Å²) in [7, 11) is 0. The number of nitrogen functional groups attached to an aromatic ring is 1. The molecule has 3 rings (SSSR count). The molecule has 1 aliphatic heterocycles. The monoisotopic (exact) mass is 270 g/mol. The molecule has 0 saturated heterocycles. The molecule has 0 spiro atoms. The van der Waals surface area contributed by atoms with Crippen LogP contribution in [0.2, 0.25) is 0 Å². The Morgan fingerprint density at radius 2 is 1.84 bits per heavy atom. The third kappa shape index (κ3) is 1.89. The fraction of sp³-hybridized carbons (Fsp3) is 0.250. The number of aryl methyl sites for hydroxylation is 1. The highest BCUT2D eigenvalue weighted by molar-refractivity contribution is 7.99. The second kappa shape index (κ2) is 4.82. The molecule has 0 aliphatic carbocycles. The van der Waals surface area contributed by atoms with Crippen LogP contribution in [-0.4, -0.2) is 6.54 Å². The maximum atomic E-state index is 6.38. The Labute approximate surface area is 118 Å². The van der Waals surface area contributed by atoms with Crippen molar-refractivity contribution in [2.24, 2.45) is 0 Å². The second-order valence-corrected chi connectivity index (χ2v) is 5.74. The van der Waals surface area contributed by atoms with Gasteiger partial charge in [0, 0.05) is 16.3 Å². The average molecular weight is 270 g/mol. The first-order valence-corrected chi connectivity index (χ1v) is 7.53. The minimum atomic E-state index is 0.932. The minimum absolute atomic E-state index is 0.932. The van der Waals surface area contributed by atoms with Crippen LogP contribution in [0.1, 0.15) is 19.4 Å². The Morgan fingerprint density at radius 3 is 2.58 bits per heavy atom. The first-order valence-electron chi connectivity index (χ1n) is 6.72. The van der Waals surface area contributed by atoms with Gasteiger partial charge in [-0.25, -0.2) is 0 Å². The van der Waals surface area contributed by atoms with Gasteiger partial charge in [0.1, 0.15) is 0 Å². The van der Waals surface area contributed by atoms with E-state index in [-0.39, 0.29) is 0 Å². The van der Waals surface area contributed by atoms with E-state index in [0.29, 0.717) is 0 Å². The van der Waals surface area contributed by atoms with Gasteiger partial charge in [0.15, 0.2) is 0 Å². The summed E-state index contributed by atoms with van der Waals surface area (Å²) in [5, 5.41) is 0. The average Bonchev–Trinajstić information content (AvgIpc) is 2.45. The third-order valence-electron chi connectivity index (χ3n) is 3.61. The van der Waals surface area contributed by atoms with Crippen LogP contribution >= 0.6 is 11.8 Å². The number of anilines is 3. The van der Waals surface area contributed by atoms with Crippen molar-refractivity contribution >= 4 is 28.8 Å². The fourth-order valence-electron chi connectivity index (χ4n) is 2.63. The molecule has 0 unspecified atom stereocenters. The predicted molar refractivity (Wildman–Crippen MR) is 83.5 cm³/mol. The molecule has 2 nitrogen and oxygen atoms in total. The zero-order chi connectivity index (χ0) is 13.4. The van der Waals surface area contributed by atoms with E-state index in [1.165, 1.54) is 26.7 Å². The van der Waals surface area contributed by atoms with Gasteiger partial charge in [-0.1, -0.05) is 36.9 Å². The topological polar surface area (TPSA) is 29.3 Å². The summed E-state index contributed by atoms with van der Waals surface area (Å²) in [5.74, 6) is 0. The lowest BCUT2D eigenvalue weighted by Crippen LogP contribution is -2.21. The van der Waals surface area contributed by atoms with Gasteiger partial charge in [0.2, 0.25) is 0 Å². The first kappa shape index (κ1) is 12.4. The normalized spacial score (nSPS) is 13.1. The minimum Gasteiger partial charge on any atom is -0.397 e. The highest BCUT2D eigenvalue weighted by atomic mass is 32.2. The molecule has 0 amide bonds. The Hall–Kier alpha value is -1.61. The van der Waals surface area contributed by atoms with Crippen molar-refractivity contribution in [1.82, 2.24) is 0 Å². The van der Waals surface area contributed by atoms with Gasteiger partial charge < -0.3 is 10.6 Å². The zero-order valence-corrected chi connectivity index (χ0v) is 12.1. The summed E-state index contributed by atoms with van der Waals surface area (Å²) in [6.07, 6.45) is 0.975. The highest BCUT2D eigenvalue weighted by Gasteiger charge is 2.24. The molecule has 98 valence electrons. The Kier molecular flexibility index (Phi) is 3.15. The number of para-hydroxylation sites is 1. The molecule has 3 heteroatoms. The third-order valence-corrected chi connectivity index (χ3v) is 4.73. The van der Waals surface area contributed by atoms with Crippen molar-refractivity contribution in [3.63, 3.8) is 0 Å². The maximum Gasteiger partial charge on any atom is 0.0789 e. The fourth-order valence-corrected chi connectivity index (χ4v) is 3.75. The van der Waals surface area contributed by atoms with Gasteiger partial charge in [-0.2, -0.15) is 0 Å². The van der Waals surface area contributed by atoms with Crippen LogP contribution < -0.4 is 10.6 Å². The van der Waals surface area contributed by atoms with E-state index in [2.05, 4.69) is 55.1 Å². The summed E-state index contributed by atoms with van der Waals surface area (Å²) in [5.41, 5.74) is 11.0. The highest BCUT2D eigenvalue weighted by Crippen LogP contribution is 2.50. The molecule has 0 saturated carbocycles. The predicted octanol–water partition coefficient (Wildman–Crippen LogP) is 4.45. The molecule has 2 N–H and O–H groups in total. The Bertz CT molecular complexity index is 622. The quantitative estimate of drug-likeness (QED) is 0.817. The second-order valence-electron chi connectivity index (χ2n) is 4.65. The van der Waals surface area contributed by atoms with Crippen molar-refractivity contribution in [1.29, 1.82) is 0 Å². The van der Waals surface area contributed by atoms with E-state index in [1.807, 2.05) is 11.8 Å². The van der Waals surface area contributed by atoms with Crippen molar-refractivity contribution in [2.45, 2.75) is 30.1 Å². The van der Waals surface area contributed by atoms with Gasteiger partial charge in [0.05, 0.1) is 17.1 Å². The number of benzene rings is 2. The molecule has 19 heavy (non-hydrogen) atoms. The van der Waals surface area contributed by atoms with Crippen LogP contribution in [0.25, 0.3) is 0 Å². The van der Waals surface area contributed by atoms with Crippen molar-refractivity contribution in [3.05, 3.63) is 42.0 Å². The molecule has 1 aliphatic rings. The van der Waals surface area contributed by atoms with Crippen molar-refractivity contribution in [3.8, 4) is 0 Å². The van der Waals surface area contributed by atoms with Gasteiger partial charge in [-0.3, -0.25) is 0 Å². The number of nitrogens with two attached hydrogens (primary N) is 1. The Morgan fingerprint density at radius 1 is 1.05 bits per heavy atom. The molecule has 0 radical (unpaired) electrons. The van der Waals surface area contributed by atoms with E-state index in [9.17, 15) is 0 Å². The van der Waals surface area contributed by atoms with Gasteiger partial charge in [-0.05, 0) is 37.1 Å². The summed E-state index contributed by atoms with van der Waals surface area (Å²) in [4.78, 5) is 4.89. The number of rotatable bonds is 2. The number of hydrogen-bond donors (Lipinski definition) is 1. The van der Waals surface area contributed by atoms with Crippen LogP contribution in [0.4, 0.5) is 17.1 Å². The molecular weight excluding hydrogens is 252 g/mol. The van der Waals surface area contributed by atoms with E-state index < -0.39 is 0 Å². The van der Waals surface area contributed by atoms with Crippen LogP contribution in [0, 0.1) is 0 Å². The SMILES string of the molecule is CCc1ccc2c(c1N)N(CC)c1ccccc1S2. The van der Waals surface area contributed by atoms with Gasteiger partial charge >= 0.3 is 0 Å². The summed E-state index contributed by atoms with van der Waals surface area (Å²) >= 11 is 1.81. The van der Waals surface area contributed by atoms with E-state index in [0.717, 1.165) is 18.7 Å². The largest absolute Gasteiger partial charge is 0.397 e. The number of hydrogen-bond acceptors (Lipinski definition) is 3. The van der Waals surface area contributed by atoms with Crippen molar-refractivity contribution in [2.75, 3.05) is 17.2 Å². The molecule has 2 aromatic rings. The van der Waals surface area contributed by atoms with Crippen LogP contribution in [0.15, 0.2) is 46.2 Å². The van der Waals surface area contributed by atoms with E-state index in [4.69, 9.17) is 5.73 Å². The van der Waals surface area contributed by atoms with E-state index >= 15 is 0 Å². The first-order chi connectivity index (χ1) is 9.26.